The number of hydrogen-bond acceptors (Lipinski definition) is 3. The first kappa shape index (κ1) is 32.5. The summed E-state index contributed by atoms with van der Waals surface area (Å²) in [7, 11) is -4.49. The summed E-state index contributed by atoms with van der Waals surface area (Å²) in [6, 6.07) is 34.9. The zero-order valence-corrected chi connectivity index (χ0v) is 27.1. The highest BCUT2D eigenvalue weighted by atomic mass is 35.5. The fraction of sp³-hybridized carbons (Fsp3) is 0.162. The maximum atomic E-state index is 12.5. The molecule has 0 atom stereocenters. The summed E-state index contributed by atoms with van der Waals surface area (Å²) < 4.78 is 37.5. The van der Waals surface area contributed by atoms with E-state index in [0.717, 1.165) is 59.8 Å². The van der Waals surface area contributed by atoms with Crippen LogP contribution in [0.4, 0.5) is 17.1 Å². The Hall–Kier alpha value is -3.94. The van der Waals surface area contributed by atoms with Gasteiger partial charge in [-0.2, -0.15) is 13.0 Å². The van der Waals surface area contributed by atoms with Gasteiger partial charge in [0.1, 0.15) is 4.90 Å². The minimum Gasteiger partial charge on any atom is -0.341 e. The fourth-order valence-corrected chi connectivity index (χ4v) is 6.40. The molecule has 0 radical (unpaired) electrons. The van der Waals surface area contributed by atoms with E-state index in [-0.39, 0.29) is 4.90 Å². The Balaban J connectivity index is 1.63. The van der Waals surface area contributed by atoms with Crippen LogP contribution in [-0.4, -0.2) is 48.1 Å². The van der Waals surface area contributed by atoms with E-state index in [9.17, 15) is 13.0 Å². The molecule has 4 aromatic rings. The van der Waals surface area contributed by atoms with Crippen LogP contribution in [0.15, 0.2) is 144 Å². The lowest BCUT2D eigenvalue weighted by molar-refractivity contribution is -0.438. The van der Waals surface area contributed by atoms with Crippen molar-refractivity contribution in [1.82, 2.24) is 0 Å². The second-order valence-corrected chi connectivity index (χ2v) is 12.6. The third-order valence-electron chi connectivity index (χ3n) is 7.54. The van der Waals surface area contributed by atoms with Crippen molar-refractivity contribution < 1.29 is 17.5 Å². The molecule has 0 spiro atoms. The van der Waals surface area contributed by atoms with Crippen molar-refractivity contribution in [3.63, 3.8) is 0 Å². The first-order valence-electron chi connectivity index (χ1n) is 14.8. The average molecular weight is 659 g/mol. The van der Waals surface area contributed by atoms with E-state index in [1.807, 2.05) is 85.0 Å². The van der Waals surface area contributed by atoms with Crippen LogP contribution in [0.3, 0.4) is 0 Å². The second-order valence-electron chi connectivity index (χ2n) is 10.5. The molecule has 0 aromatic heterocycles. The Morgan fingerprint density at radius 1 is 0.689 bits per heavy atom. The van der Waals surface area contributed by atoms with Gasteiger partial charge in [-0.25, -0.2) is 0 Å². The van der Waals surface area contributed by atoms with E-state index in [1.165, 1.54) is 6.07 Å². The van der Waals surface area contributed by atoms with Gasteiger partial charge < -0.3 is 4.90 Å². The highest BCUT2D eigenvalue weighted by Gasteiger charge is 2.23. The van der Waals surface area contributed by atoms with E-state index >= 15 is 0 Å². The number of nitrogens with zero attached hydrogens (tertiary/aromatic N) is 2. The average Bonchev–Trinajstić information content (AvgIpc) is 3.07. The largest absolute Gasteiger partial charge is 0.341 e. The van der Waals surface area contributed by atoms with E-state index in [1.54, 1.807) is 18.2 Å². The minimum absolute atomic E-state index is 0.144. The smallest absolute Gasteiger partial charge is 0.295 e. The van der Waals surface area contributed by atoms with Crippen LogP contribution >= 0.6 is 23.2 Å². The Kier molecular flexibility index (Phi) is 11.1. The van der Waals surface area contributed by atoms with Gasteiger partial charge in [-0.3, -0.25) is 4.55 Å². The molecule has 4 aromatic carbocycles. The lowest BCUT2D eigenvalue weighted by Crippen LogP contribution is -2.18. The molecular formula is C37H35Cl2N2O3S+. The Morgan fingerprint density at radius 3 is 1.89 bits per heavy atom. The lowest BCUT2D eigenvalue weighted by atomic mass is 9.90. The first-order chi connectivity index (χ1) is 21.9. The molecule has 0 unspecified atom stereocenters. The fourth-order valence-electron chi connectivity index (χ4n) is 5.46. The molecular weight excluding hydrogens is 623 g/mol. The minimum atomic E-state index is -4.49. The number of halogens is 2. The standard InChI is InChI=1S/C37H34Cl2N2O3S/c38-25-9-27-40(31-11-3-1-4-12-31)33-21-17-29(18-22-33)37(35-15-7-8-16-36(35)45(42,43)44)30-19-23-34(24-20-30)41(28-10-26-39)32-13-5-2-6-14-32/h1-8,11-24H,9-10,25-28H2/p+1. The molecule has 45 heavy (non-hydrogen) atoms. The number of allylic oxidation sites excluding steroid dienone is 5. The van der Waals surface area contributed by atoms with Crippen LogP contribution < -0.4 is 4.90 Å². The number of para-hydroxylation sites is 2. The summed E-state index contributed by atoms with van der Waals surface area (Å²) in [6.45, 7) is 1.50. The Labute approximate surface area is 275 Å². The molecule has 8 heteroatoms. The molecule has 0 aliphatic heterocycles. The number of alkyl halides is 2. The number of anilines is 2. The third kappa shape index (κ3) is 8.02. The summed E-state index contributed by atoms with van der Waals surface area (Å²) >= 11 is 12.1. The molecule has 230 valence electrons. The monoisotopic (exact) mass is 657 g/mol. The molecule has 0 saturated heterocycles. The van der Waals surface area contributed by atoms with Crippen LogP contribution in [-0.2, 0) is 10.1 Å². The zero-order valence-electron chi connectivity index (χ0n) is 24.8. The summed E-state index contributed by atoms with van der Waals surface area (Å²) in [5.41, 5.74) is 6.85. The second kappa shape index (κ2) is 15.4. The molecule has 0 bridgehead atoms. The van der Waals surface area contributed by atoms with Crippen molar-refractivity contribution in [2.45, 2.75) is 17.7 Å². The third-order valence-corrected chi connectivity index (χ3v) is 8.98. The summed E-state index contributed by atoms with van der Waals surface area (Å²) in [6.07, 6.45) is 9.68. The van der Waals surface area contributed by atoms with Crippen molar-refractivity contribution in [2.24, 2.45) is 0 Å². The number of hydrogen-bond donors (Lipinski definition) is 1. The van der Waals surface area contributed by atoms with E-state index in [0.29, 0.717) is 22.9 Å². The van der Waals surface area contributed by atoms with Gasteiger partial charge in [-0.05, 0) is 65.6 Å². The predicted molar refractivity (Wildman–Crippen MR) is 187 cm³/mol. The van der Waals surface area contributed by atoms with E-state index in [2.05, 4.69) is 33.7 Å². The van der Waals surface area contributed by atoms with Crippen molar-refractivity contribution in [1.29, 1.82) is 0 Å². The van der Waals surface area contributed by atoms with Gasteiger partial charge in [0.25, 0.3) is 10.1 Å². The maximum Gasteiger partial charge on any atom is 0.295 e. The van der Waals surface area contributed by atoms with E-state index in [4.69, 9.17) is 23.2 Å². The predicted octanol–water partition coefficient (Wildman–Crippen LogP) is 9.04. The maximum absolute atomic E-state index is 12.5. The molecule has 0 heterocycles. The van der Waals surface area contributed by atoms with Gasteiger partial charge in [0.15, 0.2) is 6.54 Å². The quantitative estimate of drug-likeness (QED) is 0.0938. The van der Waals surface area contributed by atoms with Gasteiger partial charge in [-0.15, -0.1) is 23.2 Å². The van der Waals surface area contributed by atoms with Crippen molar-refractivity contribution >= 4 is 61.7 Å². The molecule has 0 fully saturated rings. The van der Waals surface area contributed by atoms with Gasteiger partial charge in [0.2, 0.25) is 11.4 Å². The van der Waals surface area contributed by atoms with Crippen LogP contribution in [0.2, 0.25) is 0 Å². The highest BCUT2D eigenvalue weighted by Crippen LogP contribution is 2.35. The topological polar surface area (TPSA) is 60.6 Å². The summed E-state index contributed by atoms with van der Waals surface area (Å²) in [5, 5.41) is 0. The molecule has 0 saturated carbocycles. The first-order valence-corrected chi connectivity index (χ1v) is 17.3. The highest BCUT2D eigenvalue weighted by molar-refractivity contribution is 7.86. The number of benzene rings is 4. The molecule has 1 aliphatic carbocycles. The van der Waals surface area contributed by atoms with Gasteiger partial charge in [0, 0.05) is 65.9 Å². The SMILES string of the molecule is O=S(=O)(O)c1ccccc1C(=C1C=CC(=[N+](CCCCl)c2ccccc2)C=C1)c1ccc(N(CCCCl)c2ccccc2)cc1. The van der Waals surface area contributed by atoms with Crippen molar-refractivity contribution in [3.8, 4) is 0 Å². The molecule has 1 aliphatic rings. The van der Waals surface area contributed by atoms with Gasteiger partial charge in [-0.1, -0.05) is 66.7 Å². The molecule has 5 nitrogen and oxygen atoms in total. The summed E-state index contributed by atoms with van der Waals surface area (Å²) in [4.78, 5) is 2.07. The Morgan fingerprint density at radius 2 is 1.27 bits per heavy atom. The van der Waals surface area contributed by atoms with Crippen LogP contribution in [0.5, 0.6) is 0 Å². The molecule has 1 N–H and O–H groups in total. The van der Waals surface area contributed by atoms with Crippen molar-refractivity contribution in [3.05, 3.63) is 150 Å². The zero-order chi connectivity index (χ0) is 31.6. The van der Waals surface area contributed by atoms with Gasteiger partial charge in [0.05, 0.1) is 0 Å². The molecule has 0 amide bonds. The summed E-state index contributed by atoms with van der Waals surface area (Å²) in [5.74, 6) is 1.10. The van der Waals surface area contributed by atoms with Crippen LogP contribution in [0, 0.1) is 0 Å². The van der Waals surface area contributed by atoms with Crippen molar-refractivity contribution in [2.75, 3.05) is 29.7 Å². The van der Waals surface area contributed by atoms with Crippen LogP contribution in [0.25, 0.3) is 5.57 Å². The Bertz CT molecular complexity index is 1820. The lowest BCUT2D eigenvalue weighted by Gasteiger charge is -2.25. The number of rotatable bonds is 12. The van der Waals surface area contributed by atoms with E-state index < -0.39 is 10.1 Å². The van der Waals surface area contributed by atoms with Crippen LogP contribution in [0.1, 0.15) is 24.0 Å². The normalized spacial score (nSPS) is 12.8. The molecule has 5 rings (SSSR count). The van der Waals surface area contributed by atoms with Gasteiger partial charge >= 0.3 is 0 Å².